The van der Waals surface area contributed by atoms with Gasteiger partial charge in [0.25, 0.3) is 11.8 Å². The van der Waals surface area contributed by atoms with E-state index in [9.17, 15) is 19.5 Å². The summed E-state index contributed by atoms with van der Waals surface area (Å²) in [6.45, 7) is 0. The van der Waals surface area contributed by atoms with Crippen LogP contribution in [0.25, 0.3) is 0 Å². The Kier molecular flexibility index (Phi) is 7.83. The van der Waals surface area contributed by atoms with Gasteiger partial charge in [-0.3, -0.25) is 9.59 Å². The van der Waals surface area contributed by atoms with Crippen molar-refractivity contribution in [3.63, 3.8) is 0 Å². The molecule has 3 aromatic carbocycles. The van der Waals surface area contributed by atoms with Crippen molar-refractivity contribution in [1.82, 2.24) is 5.43 Å². The zero-order chi connectivity index (χ0) is 24.7. The molecule has 3 aromatic rings. The van der Waals surface area contributed by atoms with Crippen LogP contribution in [0.2, 0.25) is 5.02 Å². The number of hydrogen-bond acceptors (Lipinski definition) is 6. The van der Waals surface area contributed by atoms with Crippen LogP contribution in [0.4, 0.5) is 5.69 Å². The van der Waals surface area contributed by atoms with Gasteiger partial charge in [0.15, 0.2) is 11.5 Å². The van der Waals surface area contributed by atoms with Gasteiger partial charge >= 0.3 is 5.97 Å². The highest BCUT2D eigenvalue weighted by Crippen LogP contribution is 2.32. The van der Waals surface area contributed by atoms with E-state index in [4.69, 9.17) is 21.1 Å². The second-order valence-corrected chi connectivity index (χ2v) is 7.25. The van der Waals surface area contributed by atoms with Crippen LogP contribution in [0.15, 0.2) is 65.8 Å². The van der Waals surface area contributed by atoms with Crippen LogP contribution in [-0.4, -0.2) is 43.3 Å². The summed E-state index contributed by atoms with van der Waals surface area (Å²) in [5.41, 5.74) is 3.43. The van der Waals surface area contributed by atoms with Crippen LogP contribution in [0.3, 0.4) is 0 Å². The molecule has 0 aliphatic rings. The third-order valence-electron chi connectivity index (χ3n) is 4.65. The number of carboxylic acid groups (broad SMARTS) is 1. The van der Waals surface area contributed by atoms with Gasteiger partial charge in [0.05, 0.1) is 20.4 Å². The fourth-order valence-corrected chi connectivity index (χ4v) is 3.16. The Balaban J connectivity index is 1.73. The molecule has 0 aliphatic carbocycles. The molecule has 0 atom stereocenters. The number of carbonyl (C=O) groups excluding carboxylic acids is 2. The first-order valence-corrected chi connectivity index (χ1v) is 10.2. The molecule has 0 aliphatic heterocycles. The molecule has 3 N–H and O–H groups in total. The summed E-state index contributed by atoms with van der Waals surface area (Å²) >= 11 is 5.84. The molecule has 0 aromatic heterocycles. The summed E-state index contributed by atoms with van der Waals surface area (Å²) in [7, 11) is 2.72. The van der Waals surface area contributed by atoms with Crippen molar-refractivity contribution in [3.05, 3.63) is 87.9 Å². The van der Waals surface area contributed by atoms with E-state index in [0.29, 0.717) is 16.3 Å². The molecule has 9 nitrogen and oxygen atoms in total. The number of hydrazone groups is 1. The predicted octanol–water partition coefficient (Wildman–Crippen LogP) is 4.07. The van der Waals surface area contributed by atoms with Crippen molar-refractivity contribution in [2.24, 2.45) is 5.10 Å². The second-order valence-electron chi connectivity index (χ2n) is 6.81. The Morgan fingerprint density at radius 1 is 0.941 bits per heavy atom. The Morgan fingerprint density at radius 2 is 1.68 bits per heavy atom. The lowest BCUT2D eigenvalue weighted by molar-refractivity contribution is 0.0692. The first-order valence-electron chi connectivity index (χ1n) is 9.82. The molecule has 0 radical (unpaired) electrons. The molecular weight excluding hydrogens is 462 g/mol. The molecule has 0 saturated heterocycles. The minimum atomic E-state index is -1.24. The number of halogens is 1. The van der Waals surface area contributed by atoms with Crippen molar-refractivity contribution >= 4 is 41.3 Å². The van der Waals surface area contributed by atoms with Crippen molar-refractivity contribution in [2.45, 2.75) is 0 Å². The average Bonchev–Trinajstić information content (AvgIpc) is 2.83. The monoisotopic (exact) mass is 481 g/mol. The highest BCUT2D eigenvalue weighted by atomic mass is 35.5. The molecule has 2 amide bonds. The number of carboxylic acids is 1. The summed E-state index contributed by atoms with van der Waals surface area (Å²) in [6.07, 6.45) is 1.19. The number of benzene rings is 3. The second kappa shape index (κ2) is 11.0. The molecule has 34 heavy (non-hydrogen) atoms. The molecule has 0 spiro atoms. The summed E-state index contributed by atoms with van der Waals surface area (Å²) < 4.78 is 10.3. The van der Waals surface area contributed by atoms with Gasteiger partial charge in [0.1, 0.15) is 5.56 Å². The summed E-state index contributed by atoms with van der Waals surface area (Å²) in [6, 6.07) is 15.7. The van der Waals surface area contributed by atoms with E-state index in [2.05, 4.69) is 15.8 Å². The van der Waals surface area contributed by atoms with Gasteiger partial charge in [-0.05, 0) is 54.6 Å². The van der Waals surface area contributed by atoms with Gasteiger partial charge < -0.3 is 19.9 Å². The zero-order valence-electron chi connectivity index (χ0n) is 18.2. The van der Waals surface area contributed by atoms with Gasteiger partial charge in [0.2, 0.25) is 0 Å². The summed E-state index contributed by atoms with van der Waals surface area (Å²) in [4.78, 5) is 36.6. The topological polar surface area (TPSA) is 126 Å². The predicted molar refractivity (Wildman–Crippen MR) is 127 cm³/mol. The molecule has 174 valence electrons. The van der Waals surface area contributed by atoms with Crippen molar-refractivity contribution in [2.75, 3.05) is 19.5 Å². The summed E-state index contributed by atoms with van der Waals surface area (Å²) in [5, 5.41) is 16.6. The Hall–Kier alpha value is -4.37. The maximum atomic E-state index is 12.5. The smallest absolute Gasteiger partial charge is 0.340 e. The van der Waals surface area contributed by atoms with E-state index in [0.717, 1.165) is 0 Å². The highest BCUT2D eigenvalue weighted by Gasteiger charge is 2.20. The number of amides is 2. The standard InChI is InChI=1S/C24H20ClN3O6/c1-33-19-11-8-16(20(24(31)32)21(19)34-2)13-26-28-23(30)15-4-3-5-18(12-15)27-22(29)14-6-9-17(25)10-7-14/h3-13H,1-2H3,(H,27,29)(H,28,30)(H,31,32). The van der Waals surface area contributed by atoms with Crippen molar-refractivity contribution in [1.29, 1.82) is 0 Å². The largest absolute Gasteiger partial charge is 0.493 e. The van der Waals surface area contributed by atoms with Crippen LogP contribution >= 0.6 is 11.6 Å². The van der Waals surface area contributed by atoms with E-state index in [1.807, 2.05) is 0 Å². The Morgan fingerprint density at radius 3 is 2.32 bits per heavy atom. The average molecular weight is 482 g/mol. The van der Waals surface area contributed by atoms with Crippen LogP contribution in [-0.2, 0) is 0 Å². The van der Waals surface area contributed by atoms with E-state index >= 15 is 0 Å². The SMILES string of the molecule is COc1ccc(C=NNC(=O)c2cccc(NC(=O)c3ccc(Cl)cc3)c2)c(C(=O)O)c1OC. The number of aromatic carboxylic acids is 1. The number of hydrogen-bond donors (Lipinski definition) is 3. The first kappa shape index (κ1) is 24.3. The van der Waals surface area contributed by atoms with E-state index < -0.39 is 11.9 Å². The molecule has 3 rings (SSSR count). The number of rotatable bonds is 8. The molecular formula is C24H20ClN3O6. The Labute approximate surface area is 200 Å². The third kappa shape index (κ3) is 5.70. The van der Waals surface area contributed by atoms with Crippen LogP contribution in [0.5, 0.6) is 11.5 Å². The molecule has 0 bridgehead atoms. The lowest BCUT2D eigenvalue weighted by Gasteiger charge is -2.12. The van der Waals surface area contributed by atoms with Crippen molar-refractivity contribution in [3.8, 4) is 11.5 Å². The van der Waals surface area contributed by atoms with E-state index in [1.165, 1.54) is 38.6 Å². The van der Waals surface area contributed by atoms with Crippen LogP contribution in [0.1, 0.15) is 36.6 Å². The van der Waals surface area contributed by atoms with E-state index in [-0.39, 0.29) is 34.1 Å². The van der Waals surface area contributed by atoms with Gasteiger partial charge in [-0.15, -0.1) is 0 Å². The minimum Gasteiger partial charge on any atom is -0.493 e. The number of methoxy groups -OCH3 is 2. The quantitative estimate of drug-likeness (QED) is 0.329. The number of ether oxygens (including phenoxy) is 2. The number of nitrogens with one attached hydrogen (secondary N) is 2. The van der Waals surface area contributed by atoms with Gasteiger partial charge in [-0.25, -0.2) is 10.2 Å². The molecule has 10 heteroatoms. The van der Waals surface area contributed by atoms with Gasteiger partial charge in [-0.1, -0.05) is 17.7 Å². The first-order chi connectivity index (χ1) is 16.3. The summed E-state index contributed by atoms with van der Waals surface area (Å²) in [5.74, 6) is -1.88. The maximum absolute atomic E-state index is 12.5. The van der Waals surface area contributed by atoms with Crippen molar-refractivity contribution < 1.29 is 29.0 Å². The Bertz CT molecular complexity index is 1260. The minimum absolute atomic E-state index is 0.0365. The van der Waals surface area contributed by atoms with Crippen LogP contribution < -0.4 is 20.2 Å². The normalized spacial score (nSPS) is 10.6. The number of anilines is 1. The number of nitrogens with zero attached hydrogens (tertiary/aromatic N) is 1. The lowest BCUT2D eigenvalue weighted by atomic mass is 10.1. The zero-order valence-corrected chi connectivity index (χ0v) is 18.9. The van der Waals surface area contributed by atoms with Gasteiger partial charge in [-0.2, -0.15) is 5.10 Å². The van der Waals surface area contributed by atoms with E-state index in [1.54, 1.807) is 42.5 Å². The van der Waals surface area contributed by atoms with Crippen LogP contribution in [0, 0.1) is 0 Å². The molecule has 0 fully saturated rings. The van der Waals surface area contributed by atoms with Gasteiger partial charge in [0, 0.05) is 27.4 Å². The number of carbonyl (C=O) groups is 3. The fraction of sp³-hybridized carbons (Fsp3) is 0.0833. The maximum Gasteiger partial charge on any atom is 0.340 e. The lowest BCUT2D eigenvalue weighted by Crippen LogP contribution is -2.18. The third-order valence-corrected chi connectivity index (χ3v) is 4.90. The molecule has 0 saturated carbocycles. The highest BCUT2D eigenvalue weighted by molar-refractivity contribution is 6.30. The fourth-order valence-electron chi connectivity index (χ4n) is 3.04. The molecule has 0 unspecified atom stereocenters. The molecule has 0 heterocycles.